The van der Waals surface area contributed by atoms with Crippen molar-refractivity contribution in [3.05, 3.63) is 29.8 Å². The first-order valence-electron chi connectivity index (χ1n) is 5.82. The maximum absolute atomic E-state index is 9.47. The normalized spacial score (nSPS) is 22.0. The predicted molar refractivity (Wildman–Crippen MR) is 71.1 cm³/mol. The third kappa shape index (κ3) is 2.71. The number of hydrogen-bond donors (Lipinski definition) is 2. The molecular formula is C13H19NOS. The molecule has 1 aromatic carbocycles. The molecule has 88 valence electrons. The third-order valence-corrected chi connectivity index (χ3v) is 4.40. The van der Waals surface area contributed by atoms with E-state index in [4.69, 9.17) is 0 Å². The number of anilines is 1. The number of aliphatic hydroxyl groups is 1. The van der Waals surface area contributed by atoms with Crippen LogP contribution in [0.25, 0.3) is 0 Å². The first kappa shape index (κ1) is 11.8. The summed E-state index contributed by atoms with van der Waals surface area (Å²) in [6.07, 6.45) is 1.22. The summed E-state index contributed by atoms with van der Waals surface area (Å²) in [5.74, 6) is 3.01. The van der Waals surface area contributed by atoms with E-state index < -0.39 is 0 Å². The van der Waals surface area contributed by atoms with Gasteiger partial charge in [-0.1, -0.05) is 18.2 Å². The molecule has 2 unspecified atom stereocenters. The minimum Gasteiger partial charge on any atom is -0.394 e. The summed E-state index contributed by atoms with van der Waals surface area (Å²) in [7, 11) is 0. The number of thioether (sulfide) groups is 1. The molecule has 0 amide bonds. The van der Waals surface area contributed by atoms with E-state index in [0.717, 1.165) is 5.69 Å². The van der Waals surface area contributed by atoms with Crippen LogP contribution in [0, 0.1) is 12.8 Å². The molecule has 2 N–H and O–H groups in total. The monoisotopic (exact) mass is 237 g/mol. The summed E-state index contributed by atoms with van der Waals surface area (Å²) < 4.78 is 0. The zero-order valence-corrected chi connectivity index (χ0v) is 10.5. The van der Waals surface area contributed by atoms with Gasteiger partial charge in [0, 0.05) is 5.69 Å². The van der Waals surface area contributed by atoms with Crippen molar-refractivity contribution < 1.29 is 5.11 Å². The van der Waals surface area contributed by atoms with Gasteiger partial charge in [-0.05, 0) is 42.4 Å². The van der Waals surface area contributed by atoms with E-state index in [1.807, 2.05) is 23.9 Å². The van der Waals surface area contributed by atoms with Crippen LogP contribution in [0.15, 0.2) is 24.3 Å². The summed E-state index contributed by atoms with van der Waals surface area (Å²) in [6, 6.07) is 8.46. The second-order valence-electron chi connectivity index (χ2n) is 4.37. The number of aliphatic hydroxyl groups excluding tert-OH is 1. The highest BCUT2D eigenvalue weighted by Crippen LogP contribution is 2.28. The molecule has 0 aliphatic carbocycles. The van der Waals surface area contributed by atoms with Crippen LogP contribution in [-0.2, 0) is 0 Å². The molecule has 3 heteroatoms. The third-order valence-electron chi connectivity index (χ3n) is 3.22. The Hall–Kier alpha value is -0.670. The molecule has 2 rings (SSSR count). The molecule has 0 bridgehead atoms. The van der Waals surface area contributed by atoms with Gasteiger partial charge in [0.2, 0.25) is 0 Å². The fraction of sp³-hybridized carbons (Fsp3) is 0.538. The van der Waals surface area contributed by atoms with E-state index in [9.17, 15) is 5.11 Å². The number of para-hydroxylation sites is 1. The van der Waals surface area contributed by atoms with Gasteiger partial charge >= 0.3 is 0 Å². The molecule has 1 aromatic rings. The van der Waals surface area contributed by atoms with E-state index in [-0.39, 0.29) is 12.6 Å². The maximum Gasteiger partial charge on any atom is 0.0635 e. The van der Waals surface area contributed by atoms with Crippen molar-refractivity contribution in [3.8, 4) is 0 Å². The summed E-state index contributed by atoms with van der Waals surface area (Å²) in [4.78, 5) is 0. The van der Waals surface area contributed by atoms with Gasteiger partial charge in [-0.3, -0.25) is 0 Å². The lowest BCUT2D eigenvalue weighted by molar-refractivity contribution is 0.245. The smallest absolute Gasteiger partial charge is 0.0635 e. The van der Waals surface area contributed by atoms with Crippen molar-refractivity contribution in [2.45, 2.75) is 19.4 Å². The lowest BCUT2D eigenvalue weighted by Gasteiger charge is -2.24. The number of hydrogen-bond acceptors (Lipinski definition) is 3. The Morgan fingerprint density at radius 2 is 2.31 bits per heavy atom. The van der Waals surface area contributed by atoms with Crippen LogP contribution < -0.4 is 5.32 Å². The van der Waals surface area contributed by atoms with Crippen molar-refractivity contribution >= 4 is 17.4 Å². The molecule has 1 fully saturated rings. The number of nitrogens with one attached hydrogen (secondary N) is 1. The molecule has 2 nitrogen and oxygen atoms in total. The molecule has 1 aliphatic rings. The minimum atomic E-state index is 0.205. The second-order valence-corrected chi connectivity index (χ2v) is 5.52. The van der Waals surface area contributed by atoms with Gasteiger partial charge in [0.1, 0.15) is 0 Å². The standard InChI is InChI=1S/C13H19NOS/c1-10-4-2-3-5-12(10)14-13(8-15)11-6-7-16-9-11/h2-5,11,13-15H,6-9H2,1H3. The second kappa shape index (κ2) is 5.60. The zero-order chi connectivity index (χ0) is 11.4. The van der Waals surface area contributed by atoms with E-state index >= 15 is 0 Å². The fourth-order valence-electron chi connectivity index (χ4n) is 2.12. The van der Waals surface area contributed by atoms with Crippen molar-refractivity contribution in [2.24, 2.45) is 5.92 Å². The highest BCUT2D eigenvalue weighted by atomic mass is 32.2. The van der Waals surface area contributed by atoms with Gasteiger partial charge in [0.15, 0.2) is 0 Å². The molecule has 0 spiro atoms. The van der Waals surface area contributed by atoms with Gasteiger partial charge in [-0.2, -0.15) is 11.8 Å². The van der Waals surface area contributed by atoms with Gasteiger partial charge in [0.05, 0.1) is 12.6 Å². The van der Waals surface area contributed by atoms with Gasteiger partial charge in [0.25, 0.3) is 0 Å². The quantitative estimate of drug-likeness (QED) is 0.844. The Balaban J connectivity index is 2.03. The molecule has 1 aliphatic heterocycles. The summed E-state index contributed by atoms with van der Waals surface area (Å²) in [6.45, 7) is 2.32. The molecular weight excluding hydrogens is 218 g/mol. The average Bonchev–Trinajstić information content (AvgIpc) is 2.81. The molecule has 0 saturated carbocycles. The maximum atomic E-state index is 9.47. The minimum absolute atomic E-state index is 0.205. The van der Waals surface area contributed by atoms with Crippen LogP contribution in [0.5, 0.6) is 0 Å². The van der Waals surface area contributed by atoms with Crippen molar-refractivity contribution in [3.63, 3.8) is 0 Å². The molecule has 2 atom stereocenters. The van der Waals surface area contributed by atoms with Gasteiger partial charge in [-0.25, -0.2) is 0 Å². The highest BCUT2D eigenvalue weighted by molar-refractivity contribution is 7.99. The van der Waals surface area contributed by atoms with Gasteiger partial charge < -0.3 is 10.4 Å². The topological polar surface area (TPSA) is 32.3 Å². The summed E-state index contributed by atoms with van der Waals surface area (Å²) >= 11 is 1.99. The van der Waals surface area contributed by atoms with Crippen LogP contribution in [0.1, 0.15) is 12.0 Å². The Morgan fingerprint density at radius 1 is 1.50 bits per heavy atom. The molecule has 1 saturated heterocycles. The highest BCUT2D eigenvalue weighted by Gasteiger charge is 2.24. The largest absolute Gasteiger partial charge is 0.394 e. The van der Waals surface area contributed by atoms with E-state index in [1.165, 1.54) is 23.5 Å². The van der Waals surface area contributed by atoms with E-state index in [1.54, 1.807) is 0 Å². The van der Waals surface area contributed by atoms with Crippen molar-refractivity contribution in [1.29, 1.82) is 0 Å². The molecule has 1 heterocycles. The van der Waals surface area contributed by atoms with Crippen LogP contribution in [0.3, 0.4) is 0 Å². The van der Waals surface area contributed by atoms with Crippen LogP contribution >= 0.6 is 11.8 Å². The Kier molecular flexibility index (Phi) is 4.13. The van der Waals surface area contributed by atoms with Crippen LogP contribution in [0.2, 0.25) is 0 Å². The average molecular weight is 237 g/mol. The van der Waals surface area contributed by atoms with Crippen molar-refractivity contribution in [1.82, 2.24) is 0 Å². The lowest BCUT2D eigenvalue weighted by atomic mass is 9.99. The summed E-state index contributed by atoms with van der Waals surface area (Å²) in [5, 5.41) is 12.9. The number of rotatable bonds is 4. The molecule has 16 heavy (non-hydrogen) atoms. The zero-order valence-electron chi connectivity index (χ0n) is 9.65. The fourth-order valence-corrected chi connectivity index (χ4v) is 3.46. The van der Waals surface area contributed by atoms with E-state index in [0.29, 0.717) is 5.92 Å². The first-order valence-corrected chi connectivity index (χ1v) is 6.97. The van der Waals surface area contributed by atoms with E-state index in [2.05, 4.69) is 24.4 Å². The Morgan fingerprint density at radius 3 is 2.94 bits per heavy atom. The number of aryl methyl sites for hydroxylation is 1. The summed E-state index contributed by atoms with van der Waals surface area (Å²) in [5.41, 5.74) is 2.39. The van der Waals surface area contributed by atoms with Crippen LogP contribution in [0.4, 0.5) is 5.69 Å². The molecule has 0 aromatic heterocycles. The number of benzene rings is 1. The SMILES string of the molecule is Cc1ccccc1NC(CO)C1CCSC1. The van der Waals surface area contributed by atoms with Crippen molar-refractivity contribution in [2.75, 3.05) is 23.4 Å². The lowest BCUT2D eigenvalue weighted by Crippen LogP contribution is -2.32. The Bertz CT molecular complexity index is 336. The van der Waals surface area contributed by atoms with Gasteiger partial charge in [-0.15, -0.1) is 0 Å². The first-order chi connectivity index (χ1) is 7.81. The van der Waals surface area contributed by atoms with Crippen LogP contribution in [-0.4, -0.2) is 29.3 Å². The Labute approximate surface area is 101 Å². The molecule has 0 radical (unpaired) electrons. The predicted octanol–water partition coefficient (Wildman–Crippen LogP) is 2.52.